The van der Waals surface area contributed by atoms with Gasteiger partial charge in [0.05, 0.1) is 0 Å². The summed E-state index contributed by atoms with van der Waals surface area (Å²) in [5.74, 6) is 1.69. The summed E-state index contributed by atoms with van der Waals surface area (Å²) < 4.78 is 0. The molecule has 2 bridgehead atoms. The van der Waals surface area contributed by atoms with Crippen LogP contribution in [0.4, 0.5) is 0 Å². The number of hydrogen-bond acceptors (Lipinski definition) is 1. The highest BCUT2D eigenvalue weighted by Gasteiger charge is 2.36. The minimum absolute atomic E-state index is 0.100. The first kappa shape index (κ1) is 10.8. The van der Waals surface area contributed by atoms with Crippen LogP contribution in [0.1, 0.15) is 42.5 Å². The molecule has 0 unspecified atom stereocenters. The monoisotopic (exact) mass is 229 g/mol. The Hall–Kier alpha value is -1.31. The van der Waals surface area contributed by atoms with Crippen molar-refractivity contribution < 1.29 is 4.79 Å². The van der Waals surface area contributed by atoms with E-state index in [0.29, 0.717) is 6.04 Å². The van der Waals surface area contributed by atoms with E-state index >= 15 is 0 Å². The van der Waals surface area contributed by atoms with E-state index < -0.39 is 0 Å². The summed E-state index contributed by atoms with van der Waals surface area (Å²) in [6.07, 6.45) is 6.57. The van der Waals surface area contributed by atoms with Gasteiger partial charge >= 0.3 is 0 Å². The van der Waals surface area contributed by atoms with Crippen molar-refractivity contribution in [2.45, 2.75) is 38.1 Å². The number of benzene rings is 1. The van der Waals surface area contributed by atoms with Crippen LogP contribution in [0.5, 0.6) is 0 Å². The summed E-state index contributed by atoms with van der Waals surface area (Å²) in [5.41, 5.74) is 0.786. The number of carbonyl (C=O) groups excluding carboxylic acids is 1. The third-order valence-corrected chi connectivity index (χ3v) is 4.40. The zero-order chi connectivity index (χ0) is 11.7. The van der Waals surface area contributed by atoms with Gasteiger partial charge in [0, 0.05) is 11.6 Å². The zero-order valence-corrected chi connectivity index (χ0v) is 10.1. The third kappa shape index (κ3) is 2.21. The van der Waals surface area contributed by atoms with Gasteiger partial charge < -0.3 is 5.32 Å². The van der Waals surface area contributed by atoms with Crippen LogP contribution >= 0.6 is 0 Å². The fourth-order valence-electron chi connectivity index (χ4n) is 3.40. The lowest BCUT2D eigenvalue weighted by molar-refractivity contribution is 0.0810. The highest BCUT2D eigenvalue weighted by molar-refractivity contribution is 5.94. The van der Waals surface area contributed by atoms with Crippen molar-refractivity contribution in [3.05, 3.63) is 35.9 Å². The molecule has 90 valence electrons. The molecule has 0 saturated heterocycles. The average molecular weight is 229 g/mol. The normalized spacial score (nSPS) is 31.2. The van der Waals surface area contributed by atoms with E-state index in [1.54, 1.807) is 0 Å². The van der Waals surface area contributed by atoms with Gasteiger partial charge in [-0.3, -0.25) is 4.79 Å². The molecule has 3 saturated carbocycles. The summed E-state index contributed by atoms with van der Waals surface area (Å²) in [7, 11) is 0. The van der Waals surface area contributed by atoms with Crippen molar-refractivity contribution in [2.24, 2.45) is 11.8 Å². The van der Waals surface area contributed by atoms with E-state index in [4.69, 9.17) is 0 Å². The van der Waals surface area contributed by atoms with Crippen LogP contribution in [0.15, 0.2) is 30.3 Å². The van der Waals surface area contributed by atoms with E-state index in [0.717, 1.165) is 17.4 Å². The average Bonchev–Trinajstić information content (AvgIpc) is 2.41. The van der Waals surface area contributed by atoms with Gasteiger partial charge in [-0.2, -0.15) is 0 Å². The molecule has 0 heterocycles. The Labute approximate surface area is 102 Å². The Morgan fingerprint density at radius 3 is 2.35 bits per heavy atom. The molecule has 0 aliphatic heterocycles. The molecule has 1 amide bonds. The van der Waals surface area contributed by atoms with Gasteiger partial charge in [0.2, 0.25) is 0 Å². The Morgan fingerprint density at radius 1 is 1.06 bits per heavy atom. The van der Waals surface area contributed by atoms with E-state index in [1.165, 1.54) is 32.1 Å². The Bertz CT molecular complexity index is 393. The molecule has 3 fully saturated rings. The molecule has 1 atom stereocenters. The predicted octanol–water partition coefficient (Wildman–Crippen LogP) is 3.00. The zero-order valence-electron chi connectivity index (χ0n) is 10.1. The second kappa shape index (κ2) is 4.52. The van der Waals surface area contributed by atoms with Gasteiger partial charge in [-0.15, -0.1) is 0 Å². The van der Waals surface area contributed by atoms with Crippen LogP contribution < -0.4 is 5.32 Å². The molecule has 3 aliphatic rings. The molecule has 17 heavy (non-hydrogen) atoms. The minimum atomic E-state index is 0.100. The smallest absolute Gasteiger partial charge is 0.251 e. The van der Waals surface area contributed by atoms with Crippen molar-refractivity contribution in [1.29, 1.82) is 0 Å². The number of fused-ring (bicyclic) bond motifs is 3. The molecule has 0 spiro atoms. The van der Waals surface area contributed by atoms with Gasteiger partial charge in [-0.1, -0.05) is 31.0 Å². The standard InChI is InChI=1S/C15H19NO/c17-15(13-4-2-1-3-5-13)16-14-10-11-6-8-12(14)9-7-11/h1-5,11-12,14H,6-10H2,(H,16,17)/t11?,12?,14-/m0/s1. The van der Waals surface area contributed by atoms with Crippen LogP contribution in [-0.2, 0) is 0 Å². The predicted molar refractivity (Wildman–Crippen MR) is 67.8 cm³/mol. The number of carbonyl (C=O) groups is 1. The lowest BCUT2D eigenvalue weighted by atomic mass is 9.68. The molecule has 4 rings (SSSR count). The maximum atomic E-state index is 12.1. The fraction of sp³-hybridized carbons (Fsp3) is 0.533. The van der Waals surface area contributed by atoms with Crippen LogP contribution in [0.3, 0.4) is 0 Å². The van der Waals surface area contributed by atoms with Crippen LogP contribution in [0.2, 0.25) is 0 Å². The van der Waals surface area contributed by atoms with Crippen molar-refractivity contribution in [2.75, 3.05) is 0 Å². The lowest BCUT2D eigenvalue weighted by Gasteiger charge is -2.42. The molecule has 2 nitrogen and oxygen atoms in total. The quantitative estimate of drug-likeness (QED) is 0.830. The fourth-order valence-corrected chi connectivity index (χ4v) is 3.40. The number of hydrogen-bond donors (Lipinski definition) is 1. The first-order valence-electron chi connectivity index (χ1n) is 6.69. The maximum Gasteiger partial charge on any atom is 0.251 e. The van der Waals surface area contributed by atoms with E-state index in [9.17, 15) is 4.79 Å². The maximum absolute atomic E-state index is 12.1. The second-order valence-electron chi connectivity index (χ2n) is 5.46. The summed E-state index contributed by atoms with van der Waals surface area (Å²) >= 11 is 0. The Balaban J connectivity index is 1.66. The van der Waals surface area contributed by atoms with Crippen molar-refractivity contribution in [3.8, 4) is 0 Å². The SMILES string of the molecule is O=C(N[C@H]1CC2CCC1CC2)c1ccccc1. The van der Waals surface area contributed by atoms with E-state index in [2.05, 4.69) is 5.32 Å². The Kier molecular flexibility index (Phi) is 2.87. The third-order valence-electron chi connectivity index (χ3n) is 4.40. The van der Waals surface area contributed by atoms with Gasteiger partial charge in [-0.05, 0) is 43.2 Å². The Morgan fingerprint density at radius 2 is 1.76 bits per heavy atom. The van der Waals surface area contributed by atoms with Gasteiger partial charge in [0.25, 0.3) is 5.91 Å². The summed E-state index contributed by atoms with van der Waals surface area (Å²) in [5, 5.41) is 3.23. The molecule has 3 aliphatic carbocycles. The van der Waals surface area contributed by atoms with Gasteiger partial charge in [0.15, 0.2) is 0 Å². The largest absolute Gasteiger partial charge is 0.349 e. The first-order valence-corrected chi connectivity index (χ1v) is 6.69. The van der Waals surface area contributed by atoms with E-state index in [1.807, 2.05) is 30.3 Å². The molecule has 0 radical (unpaired) electrons. The van der Waals surface area contributed by atoms with Crippen molar-refractivity contribution >= 4 is 5.91 Å². The van der Waals surface area contributed by atoms with Crippen molar-refractivity contribution in [1.82, 2.24) is 5.32 Å². The molecule has 0 aromatic heterocycles. The van der Waals surface area contributed by atoms with Crippen LogP contribution in [-0.4, -0.2) is 11.9 Å². The van der Waals surface area contributed by atoms with Gasteiger partial charge in [-0.25, -0.2) is 0 Å². The van der Waals surface area contributed by atoms with Crippen LogP contribution in [0.25, 0.3) is 0 Å². The first-order chi connectivity index (χ1) is 8.33. The summed E-state index contributed by atoms with van der Waals surface area (Å²) in [6, 6.07) is 9.98. The second-order valence-corrected chi connectivity index (χ2v) is 5.46. The molecule has 2 heteroatoms. The molecule has 1 aromatic rings. The minimum Gasteiger partial charge on any atom is -0.349 e. The highest BCUT2D eigenvalue weighted by Crippen LogP contribution is 2.41. The number of amides is 1. The van der Waals surface area contributed by atoms with Crippen molar-refractivity contribution in [3.63, 3.8) is 0 Å². The molecule has 1 N–H and O–H groups in total. The topological polar surface area (TPSA) is 29.1 Å². The van der Waals surface area contributed by atoms with Gasteiger partial charge in [0.1, 0.15) is 0 Å². The van der Waals surface area contributed by atoms with E-state index in [-0.39, 0.29) is 5.91 Å². The molecule has 1 aromatic carbocycles. The summed E-state index contributed by atoms with van der Waals surface area (Å²) in [6.45, 7) is 0. The number of nitrogens with one attached hydrogen (secondary N) is 1. The molecular formula is C15H19NO. The highest BCUT2D eigenvalue weighted by atomic mass is 16.1. The lowest BCUT2D eigenvalue weighted by Crippen LogP contribution is -2.47. The van der Waals surface area contributed by atoms with Crippen LogP contribution in [0, 0.1) is 11.8 Å². The summed E-state index contributed by atoms with van der Waals surface area (Å²) in [4.78, 5) is 12.1. The number of rotatable bonds is 2. The molecular weight excluding hydrogens is 210 g/mol.